The summed E-state index contributed by atoms with van der Waals surface area (Å²) in [5.41, 5.74) is 5.72. The molecule has 0 aliphatic carbocycles. The van der Waals surface area contributed by atoms with Gasteiger partial charge in [0.15, 0.2) is 18.2 Å². The van der Waals surface area contributed by atoms with Gasteiger partial charge in [-0.3, -0.25) is 15.3 Å². The van der Waals surface area contributed by atoms with Gasteiger partial charge in [0.2, 0.25) is 11.7 Å². The number of nitrogens with one attached hydrogen (secondary N) is 5. The Hall–Kier alpha value is -3.92. The van der Waals surface area contributed by atoms with Crippen molar-refractivity contribution in [2.45, 2.75) is 43.9 Å². The molecule has 0 radical (unpaired) electrons. The summed E-state index contributed by atoms with van der Waals surface area (Å²) in [6.45, 7) is 0.193. The van der Waals surface area contributed by atoms with E-state index in [0.29, 0.717) is 5.69 Å². The first-order valence-corrected chi connectivity index (χ1v) is 9.20. The molecular formula is C16H24N8O8. The molecule has 5 atom stereocenters. The number of aliphatic hydroxyl groups excluding tert-OH is 2. The molecule has 1 aliphatic heterocycles. The van der Waals surface area contributed by atoms with Gasteiger partial charge in [-0.05, 0) is 6.08 Å². The number of nitrogens with zero attached hydrogens (tertiary/aromatic N) is 2. The van der Waals surface area contributed by atoms with Gasteiger partial charge in [0, 0.05) is 13.1 Å². The molecule has 0 aromatic carbocycles. The molecule has 0 spiro atoms. The van der Waals surface area contributed by atoms with Crippen LogP contribution in [0, 0.1) is 5.41 Å². The normalized spacial score (nSPS) is 21.8. The number of aromatic nitrogens is 3. The number of carbonyl (C=O) groups excluding carboxylic acids is 2. The Kier molecular flexibility index (Phi) is 8.31. The maximum absolute atomic E-state index is 12.3. The van der Waals surface area contributed by atoms with Crippen LogP contribution < -0.4 is 21.7 Å². The number of carboxylic acids is 1. The molecule has 2 heterocycles. The van der Waals surface area contributed by atoms with Crippen molar-refractivity contribution in [1.29, 1.82) is 5.41 Å². The number of rotatable bonds is 9. The van der Waals surface area contributed by atoms with Crippen LogP contribution >= 0.6 is 0 Å². The first-order valence-electron chi connectivity index (χ1n) is 9.20. The highest BCUT2D eigenvalue weighted by molar-refractivity contribution is 5.85. The van der Waals surface area contributed by atoms with Crippen LogP contribution in [-0.2, 0) is 25.6 Å². The molecule has 0 saturated carbocycles. The molecule has 10 N–H and O–H groups in total. The second-order valence-corrected chi connectivity index (χ2v) is 6.67. The van der Waals surface area contributed by atoms with Crippen LogP contribution in [0.2, 0.25) is 0 Å². The van der Waals surface area contributed by atoms with E-state index in [1.807, 2.05) is 0 Å². The Morgan fingerprint density at radius 1 is 1.41 bits per heavy atom. The third kappa shape index (κ3) is 6.54. The molecule has 1 aromatic heterocycles. The number of alkyl carbamates (subject to hydrolysis) is 1. The predicted octanol–water partition coefficient (Wildman–Crippen LogP) is -3.52. The second kappa shape index (κ2) is 10.9. The molecule has 1 aromatic rings. The number of nitrogens with two attached hydrogens (primary N) is 1. The largest absolute Gasteiger partial charge is 0.477 e. The summed E-state index contributed by atoms with van der Waals surface area (Å²) in [5.74, 6) is -3.23. The lowest BCUT2D eigenvalue weighted by Crippen LogP contribution is -2.65. The fourth-order valence-electron chi connectivity index (χ4n) is 2.95. The summed E-state index contributed by atoms with van der Waals surface area (Å²) in [6.07, 6.45) is -3.44. The second-order valence-electron chi connectivity index (χ2n) is 6.67. The zero-order valence-electron chi connectivity index (χ0n) is 16.8. The summed E-state index contributed by atoms with van der Waals surface area (Å²) in [7, 11) is 0. The average molecular weight is 456 g/mol. The number of carboxylic acid groups (broad SMARTS) is 1. The van der Waals surface area contributed by atoms with Crippen LogP contribution in [0.3, 0.4) is 0 Å². The van der Waals surface area contributed by atoms with Gasteiger partial charge < -0.3 is 46.5 Å². The van der Waals surface area contributed by atoms with Crippen LogP contribution in [0.25, 0.3) is 0 Å². The molecule has 0 unspecified atom stereocenters. The molecule has 0 fully saturated rings. The van der Waals surface area contributed by atoms with Gasteiger partial charge in [-0.1, -0.05) is 5.21 Å². The summed E-state index contributed by atoms with van der Waals surface area (Å²) >= 11 is 0. The maximum atomic E-state index is 12.3. The van der Waals surface area contributed by atoms with Gasteiger partial charge in [0.1, 0.15) is 11.8 Å². The van der Waals surface area contributed by atoms with E-state index in [0.717, 1.165) is 6.08 Å². The minimum atomic E-state index is -1.72. The zero-order valence-corrected chi connectivity index (χ0v) is 16.8. The summed E-state index contributed by atoms with van der Waals surface area (Å²) < 4.78 is 10.6. The molecule has 32 heavy (non-hydrogen) atoms. The Labute approximate surface area is 180 Å². The number of H-pyrrole nitrogens is 1. The number of hydrogen-bond donors (Lipinski definition) is 9. The lowest BCUT2D eigenvalue weighted by Gasteiger charge is -2.41. The zero-order chi connectivity index (χ0) is 23.8. The molecule has 2 rings (SSSR count). The number of carbonyl (C=O) groups is 3. The first-order chi connectivity index (χ1) is 15.1. The number of aliphatic hydroxyl groups is 2. The van der Waals surface area contributed by atoms with E-state index in [4.69, 9.17) is 20.6 Å². The number of guanidine groups is 1. The molecule has 1 aliphatic rings. The molecule has 16 heteroatoms. The van der Waals surface area contributed by atoms with Crippen LogP contribution in [0.5, 0.6) is 0 Å². The number of aromatic amines is 1. The van der Waals surface area contributed by atoms with Gasteiger partial charge in [-0.25, -0.2) is 9.59 Å². The molecule has 16 nitrogen and oxygen atoms in total. The Balaban J connectivity index is 2.32. The molecule has 176 valence electrons. The minimum absolute atomic E-state index is 0.0906. The van der Waals surface area contributed by atoms with Crippen LogP contribution in [-0.4, -0.2) is 91.7 Å². The van der Waals surface area contributed by atoms with Gasteiger partial charge in [-0.2, -0.15) is 0 Å². The monoisotopic (exact) mass is 456 g/mol. The van der Waals surface area contributed by atoms with Gasteiger partial charge in [0.05, 0.1) is 25.2 Å². The first kappa shape index (κ1) is 24.4. The average Bonchev–Trinajstić information content (AvgIpc) is 3.24. The lowest BCUT2D eigenvalue weighted by molar-refractivity contribution is -0.146. The van der Waals surface area contributed by atoms with E-state index in [1.54, 1.807) is 0 Å². The fourth-order valence-corrected chi connectivity index (χ4v) is 2.95. The van der Waals surface area contributed by atoms with E-state index in [2.05, 4.69) is 31.4 Å². The quantitative estimate of drug-likeness (QED) is 0.129. The fraction of sp³-hybridized carbons (Fsp3) is 0.500. The summed E-state index contributed by atoms with van der Waals surface area (Å²) in [5, 5.41) is 53.5. The minimum Gasteiger partial charge on any atom is -0.477 e. The van der Waals surface area contributed by atoms with E-state index >= 15 is 0 Å². The van der Waals surface area contributed by atoms with Gasteiger partial charge in [-0.15, -0.1) is 5.10 Å². The highest BCUT2D eigenvalue weighted by Gasteiger charge is 2.46. The number of amides is 2. The van der Waals surface area contributed by atoms with E-state index in [-0.39, 0.29) is 6.54 Å². The van der Waals surface area contributed by atoms with E-state index in [9.17, 15) is 29.7 Å². The lowest BCUT2D eigenvalue weighted by atomic mass is 9.92. The molecule has 2 amide bonds. The third-order valence-corrected chi connectivity index (χ3v) is 4.25. The number of ether oxygens (including phenoxy) is 2. The third-order valence-electron chi connectivity index (χ3n) is 4.25. The molecule has 0 saturated heterocycles. The van der Waals surface area contributed by atoms with Crippen LogP contribution in [0.15, 0.2) is 18.0 Å². The van der Waals surface area contributed by atoms with Crippen LogP contribution in [0.4, 0.5) is 4.79 Å². The molecular weight excluding hydrogens is 432 g/mol. The smallest absolute Gasteiger partial charge is 0.407 e. The van der Waals surface area contributed by atoms with Crippen LogP contribution in [0.1, 0.15) is 12.6 Å². The summed E-state index contributed by atoms with van der Waals surface area (Å²) in [4.78, 5) is 35.6. The van der Waals surface area contributed by atoms with Crippen molar-refractivity contribution in [3.8, 4) is 0 Å². The Morgan fingerprint density at radius 2 is 2.12 bits per heavy atom. The van der Waals surface area contributed by atoms with Crippen molar-refractivity contribution in [2.24, 2.45) is 5.73 Å². The van der Waals surface area contributed by atoms with Crippen molar-refractivity contribution in [1.82, 2.24) is 31.4 Å². The highest BCUT2D eigenvalue weighted by atomic mass is 16.6. The topological polar surface area (TPSA) is 258 Å². The van der Waals surface area contributed by atoms with Crippen molar-refractivity contribution in [3.05, 3.63) is 23.7 Å². The van der Waals surface area contributed by atoms with Crippen molar-refractivity contribution >= 4 is 23.9 Å². The Bertz CT molecular complexity index is 860. The predicted molar refractivity (Wildman–Crippen MR) is 104 cm³/mol. The SMILES string of the molecule is CC(=O)N[C@H]1[C@H]([C@H](OC(=O)NCc2c[nH]nn2)[C@H](O)CO)OC(C(=O)O)=C[C@@H]1NC(=N)N. The van der Waals surface area contributed by atoms with Gasteiger partial charge >= 0.3 is 12.1 Å². The van der Waals surface area contributed by atoms with Crippen molar-refractivity contribution in [3.63, 3.8) is 0 Å². The van der Waals surface area contributed by atoms with Crippen molar-refractivity contribution in [2.75, 3.05) is 6.61 Å². The summed E-state index contributed by atoms with van der Waals surface area (Å²) in [6, 6.07) is -2.24. The maximum Gasteiger partial charge on any atom is 0.407 e. The van der Waals surface area contributed by atoms with E-state index in [1.165, 1.54) is 13.1 Å². The highest BCUT2D eigenvalue weighted by Crippen LogP contribution is 2.25. The van der Waals surface area contributed by atoms with Crippen molar-refractivity contribution < 1.29 is 39.2 Å². The van der Waals surface area contributed by atoms with Gasteiger partial charge in [0.25, 0.3) is 0 Å². The standard InChI is InChI=1S/C16H24N8O8/c1-6(26)21-11-8(22-15(17)18)2-10(14(28)29)31-13(11)12(9(27)5-25)32-16(30)19-3-7-4-20-24-23-7/h2,4,8-9,11-13,25,27H,3,5H2,1H3,(H,19,30)(H,21,26)(H,28,29)(H4,17,18,22)(H,20,23,24)/t8-,9+,11+,12+,13+/m0/s1. The Morgan fingerprint density at radius 3 is 2.66 bits per heavy atom. The molecule has 0 bridgehead atoms. The number of hydrogen-bond acceptors (Lipinski definition) is 10. The van der Waals surface area contributed by atoms with E-state index < -0.39 is 66.7 Å². The number of aliphatic carboxylic acids is 1.